The lowest BCUT2D eigenvalue weighted by Crippen LogP contribution is -2.32. The van der Waals surface area contributed by atoms with Gasteiger partial charge in [-0.3, -0.25) is 9.59 Å². The van der Waals surface area contributed by atoms with Gasteiger partial charge in [0.25, 0.3) is 11.8 Å². The molecule has 0 aromatic heterocycles. The number of nitrogens with zero attached hydrogens (tertiary/aromatic N) is 1. The van der Waals surface area contributed by atoms with Crippen LogP contribution < -0.4 is 10.6 Å². The number of nitrogens with one attached hydrogen (secondary N) is 2. The average Bonchev–Trinajstić information content (AvgIpc) is 3.16. The van der Waals surface area contributed by atoms with Gasteiger partial charge in [0.2, 0.25) is 10.0 Å². The van der Waals surface area contributed by atoms with Crippen molar-refractivity contribution in [2.45, 2.75) is 37.5 Å². The minimum Gasteiger partial charge on any atom is -0.322 e. The highest BCUT2D eigenvalue weighted by Crippen LogP contribution is 2.24. The Balaban J connectivity index is 1.50. The summed E-state index contributed by atoms with van der Waals surface area (Å²) in [7, 11) is -3.63. The largest absolute Gasteiger partial charge is 0.322 e. The van der Waals surface area contributed by atoms with Gasteiger partial charge in [-0.15, -0.1) is 0 Å². The molecular formula is C27H29N3O4S. The van der Waals surface area contributed by atoms with Crippen molar-refractivity contribution in [3.8, 4) is 0 Å². The van der Waals surface area contributed by atoms with Crippen LogP contribution in [0.4, 0.5) is 11.4 Å². The molecule has 0 bridgehead atoms. The van der Waals surface area contributed by atoms with Gasteiger partial charge >= 0.3 is 0 Å². The second-order valence-electron chi connectivity index (χ2n) is 8.65. The Morgan fingerprint density at radius 3 is 2.14 bits per heavy atom. The molecule has 1 aliphatic heterocycles. The Hall–Kier alpha value is -3.49. The van der Waals surface area contributed by atoms with Gasteiger partial charge in [-0.2, -0.15) is 4.31 Å². The van der Waals surface area contributed by atoms with Crippen LogP contribution in [0.2, 0.25) is 0 Å². The van der Waals surface area contributed by atoms with Gasteiger partial charge in [-0.25, -0.2) is 8.42 Å². The molecule has 0 saturated carbocycles. The fourth-order valence-electron chi connectivity index (χ4n) is 4.05. The van der Waals surface area contributed by atoms with Gasteiger partial charge in [0, 0.05) is 35.6 Å². The minimum atomic E-state index is -3.63. The highest BCUT2D eigenvalue weighted by molar-refractivity contribution is 7.89. The topological polar surface area (TPSA) is 95.6 Å². The first kappa shape index (κ1) is 24.6. The van der Waals surface area contributed by atoms with Crippen LogP contribution in [0.15, 0.2) is 77.7 Å². The molecule has 1 fully saturated rings. The summed E-state index contributed by atoms with van der Waals surface area (Å²) in [6.07, 6.45) is 3.78. The Bertz CT molecular complexity index is 1320. The lowest BCUT2D eigenvalue weighted by molar-refractivity contribution is 0.101. The Kier molecular flexibility index (Phi) is 7.63. The lowest BCUT2D eigenvalue weighted by atomic mass is 10.1. The molecule has 2 N–H and O–H groups in total. The van der Waals surface area contributed by atoms with Crippen LogP contribution in [-0.2, 0) is 10.0 Å². The lowest BCUT2D eigenvalue weighted by Gasteiger charge is -2.20. The quantitative estimate of drug-likeness (QED) is 0.504. The van der Waals surface area contributed by atoms with E-state index in [1.54, 1.807) is 60.7 Å². The summed E-state index contributed by atoms with van der Waals surface area (Å²) in [5.74, 6) is -0.665. The van der Waals surface area contributed by atoms with E-state index < -0.39 is 15.9 Å². The van der Waals surface area contributed by atoms with Gasteiger partial charge < -0.3 is 10.6 Å². The van der Waals surface area contributed by atoms with E-state index >= 15 is 0 Å². The number of rotatable bonds is 6. The SMILES string of the molecule is Cc1ccc(C(=O)Nc2cccc(S(=O)(=O)N3CCCCCC3)c2)cc1NC(=O)c1ccccc1. The predicted octanol–water partition coefficient (Wildman–Crippen LogP) is 5.06. The number of sulfonamides is 1. The first-order chi connectivity index (χ1) is 16.8. The second-order valence-corrected chi connectivity index (χ2v) is 10.6. The van der Waals surface area contributed by atoms with Crippen LogP contribution in [0, 0.1) is 6.92 Å². The number of anilines is 2. The van der Waals surface area contributed by atoms with E-state index in [0.717, 1.165) is 31.2 Å². The van der Waals surface area contributed by atoms with E-state index in [2.05, 4.69) is 10.6 Å². The van der Waals surface area contributed by atoms with Crippen LogP contribution in [0.1, 0.15) is 52.0 Å². The monoisotopic (exact) mass is 491 g/mol. The van der Waals surface area contributed by atoms with Crippen molar-refractivity contribution in [3.05, 3.63) is 89.5 Å². The Morgan fingerprint density at radius 2 is 1.43 bits per heavy atom. The highest BCUT2D eigenvalue weighted by Gasteiger charge is 2.25. The molecule has 3 aromatic carbocycles. The molecule has 3 aromatic rings. The van der Waals surface area contributed by atoms with Crippen LogP contribution in [0.3, 0.4) is 0 Å². The van der Waals surface area contributed by atoms with Crippen LogP contribution in [0.5, 0.6) is 0 Å². The summed E-state index contributed by atoms with van der Waals surface area (Å²) in [4.78, 5) is 25.7. The fraction of sp³-hybridized carbons (Fsp3) is 0.259. The molecule has 0 spiro atoms. The maximum Gasteiger partial charge on any atom is 0.255 e. The molecule has 7 nitrogen and oxygen atoms in total. The van der Waals surface area contributed by atoms with E-state index in [1.165, 1.54) is 10.4 Å². The van der Waals surface area contributed by atoms with Crippen LogP contribution in [0.25, 0.3) is 0 Å². The van der Waals surface area contributed by atoms with Crippen molar-refractivity contribution in [2.75, 3.05) is 23.7 Å². The molecule has 0 radical (unpaired) electrons. The summed E-state index contributed by atoms with van der Waals surface area (Å²) in [5, 5.41) is 5.64. The number of carbonyl (C=O) groups excluding carboxylic acids is 2. The molecule has 182 valence electrons. The molecule has 1 aliphatic rings. The minimum absolute atomic E-state index is 0.164. The van der Waals surface area contributed by atoms with Crippen molar-refractivity contribution in [1.29, 1.82) is 0 Å². The van der Waals surface area contributed by atoms with E-state index in [0.29, 0.717) is 35.6 Å². The number of hydrogen-bond acceptors (Lipinski definition) is 4. The molecule has 35 heavy (non-hydrogen) atoms. The van der Waals surface area contributed by atoms with Crippen molar-refractivity contribution in [2.24, 2.45) is 0 Å². The number of carbonyl (C=O) groups is 2. The maximum absolute atomic E-state index is 13.1. The molecule has 4 rings (SSSR count). The van der Waals surface area contributed by atoms with Gasteiger partial charge in [0.05, 0.1) is 4.90 Å². The molecule has 0 aliphatic carbocycles. The van der Waals surface area contributed by atoms with Crippen molar-refractivity contribution in [3.63, 3.8) is 0 Å². The maximum atomic E-state index is 13.1. The number of aryl methyl sites for hydroxylation is 1. The van der Waals surface area contributed by atoms with Crippen LogP contribution >= 0.6 is 0 Å². The third-order valence-corrected chi connectivity index (χ3v) is 7.97. The Labute approximate surface area is 206 Å². The van der Waals surface area contributed by atoms with Gasteiger partial charge in [0.1, 0.15) is 0 Å². The number of hydrogen-bond donors (Lipinski definition) is 2. The Morgan fingerprint density at radius 1 is 0.743 bits per heavy atom. The van der Waals surface area contributed by atoms with E-state index in [4.69, 9.17) is 0 Å². The van der Waals surface area contributed by atoms with Gasteiger partial charge in [-0.1, -0.05) is 43.2 Å². The third kappa shape index (κ3) is 5.96. The zero-order chi connectivity index (χ0) is 24.8. The summed E-state index contributed by atoms with van der Waals surface area (Å²) in [6.45, 7) is 2.87. The number of amides is 2. The molecular weight excluding hydrogens is 462 g/mol. The van der Waals surface area contributed by atoms with Crippen molar-refractivity contribution in [1.82, 2.24) is 4.31 Å². The van der Waals surface area contributed by atoms with E-state index in [9.17, 15) is 18.0 Å². The summed E-state index contributed by atoms with van der Waals surface area (Å²) in [5.41, 5.74) is 2.60. The predicted molar refractivity (Wildman–Crippen MR) is 137 cm³/mol. The summed E-state index contributed by atoms with van der Waals surface area (Å²) < 4.78 is 27.8. The van der Waals surface area contributed by atoms with E-state index in [1.807, 2.05) is 13.0 Å². The standard InChI is InChI=1S/C27H29N3O4S/c1-20-14-15-22(18-25(20)29-26(31)21-10-5-4-6-11-21)27(32)28-23-12-9-13-24(19-23)35(33,34)30-16-7-2-3-8-17-30/h4-6,9-15,18-19H,2-3,7-8,16-17H2,1H3,(H,28,32)(H,29,31). The first-order valence-corrected chi connectivity index (χ1v) is 13.2. The first-order valence-electron chi connectivity index (χ1n) is 11.7. The van der Waals surface area contributed by atoms with Crippen LogP contribution in [-0.4, -0.2) is 37.6 Å². The zero-order valence-electron chi connectivity index (χ0n) is 19.7. The average molecular weight is 492 g/mol. The van der Waals surface area contributed by atoms with E-state index in [-0.39, 0.29) is 10.8 Å². The second kappa shape index (κ2) is 10.8. The van der Waals surface area contributed by atoms with Crippen molar-refractivity contribution < 1.29 is 18.0 Å². The zero-order valence-corrected chi connectivity index (χ0v) is 20.5. The molecule has 0 unspecified atom stereocenters. The highest BCUT2D eigenvalue weighted by atomic mass is 32.2. The molecule has 8 heteroatoms. The third-order valence-electron chi connectivity index (χ3n) is 6.08. The molecule has 1 saturated heterocycles. The molecule has 2 amide bonds. The van der Waals surface area contributed by atoms with Gasteiger partial charge in [0.15, 0.2) is 0 Å². The van der Waals surface area contributed by atoms with Crippen molar-refractivity contribution >= 4 is 33.2 Å². The molecule has 0 atom stereocenters. The smallest absolute Gasteiger partial charge is 0.255 e. The van der Waals surface area contributed by atoms with Gasteiger partial charge in [-0.05, 0) is 67.8 Å². The fourth-order valence-corrected chi connectivity index (χ4v) is 5.61. The number of benzene rings is 3. The molecule has 1 heterocycles. The normalized spacial score (nSPS) is 14.7. The summed E-state index contributed by atoms with van der Waals surface area (Å²) in [6, 6.07) is 20.2. The summed E-state index contributed by atoms with van der Waals surface area (Å²) >= 11 is 0.